The molecule has 0 fully saturated rings. The summed E-state index contributed by atoms with van der Waals surface area (Å²) in [6.07, 6.45) is 3.98. The third kappa shape index (κ3) is 2.34. The number of sulfonamides is 1. The molecular formula is C10H8N2O3S. The maximum atomic E-state index is 11.6. The first-order chi connectivity index (χ1) is 7.68. The fourth-order valence-corrected chi connectivity index (χ4v) is 1.83. The van der Waals surface area contributed by atoms with Gasteiger partial charge in [-0.1, -0.05) is 6.07 Å². The summed E-state index contributed by atoms with van der Waals surface area (Å²) in [5.41, 5.74) is 0. The molecule has 0 bridgehead atoms. The number of nitrogens with zero attached hydrogens (tertiary/aromatic N) is 2. The van der Waals surface area contributed by atoms with Crippen LogP contribution in [0, 0.1) is 0 Å². The monoisotopic (exact) mass is 236 g/mol. The van der Waals surface area contributed by atoms with Gasteiger partial charge in [-0.05, 0) is 24.3 Å². The molecule has 0 unspecified atom stereocenters. The fraction of sp³-hybridized carbons (Fsp3) is 0. The van der Waals surface area contributed by atoms with Crippen molar-refractivity contribution < 1.29 is 12.8 Å². The Morgan fingerprint density at radius 1 is 1.25 bits per heavy atom. The largest absolute Gasteiger partial charge is 0.463 e. The number of hydrogen-bond donors (Lipinski definition) is 0. The van der Waals surface area contributed by atoms with Crippen LogP contribution in [0.25, 0.3) is 0 Å². The summed E-state index contributed by atoms with van der Waals surface area (Å²) in [6, 6.07) is 7.86. The van der Waals surface area contributed by atoms with E-state index in [9.17, 15) is 8.42 Å². The third-order valence-electron chi connectivity index (χ3n) is 1.76. The summed E-state index contributed by atoms with van der Waals surface area (Å²) in [6.45, 7) is 0. The average molecular weight is 236 g/mol. The minimum absolute atomic E-state index is 0.0854. The molecule has 16 heavy (non-hydrogen) atoms. The molecule has 0 saturated carbocycles. The lowest BCUT2D eigenvalue weighted by Crippen LogP contribution is -1.99. The van der Waals surface area contributed by atoms with E-state index < -0.39 is 10.0 Å². The van der Waals surface area contributed by atoms with Crippen molar-refractivity contribution in [2.24, 2.45) is 4.40 Å². The Balaban J connectivity index is 2.28. The van der Waals surface area contributed by atoms with E-state index in [-0.39, 0.29) is 5.03 Å². The highest BCUT2D eigenvalue weighted by Gasteiger charge is 2.12. The van der Waals surface area contributed by atoms with Crippen LogP contribution in [0.2, 0.25) is 0 Å². The molecule has 0 N–H and O–H groups in total. The van der Waals surface area contributed by atoms with Crippen LogP contribution in [0.4, 0.5) is 0 Å². The Morgan fingerprint density at radius 2 is 2.12 bits per heavy atom. The molecule has 0 aliphatic rings. The van der Waals surface area contributed by atoms with Crippen molar-refractivity contribution in [1.29, 1.82) is 0 Å². The molecule has 2 aromatic rings. The summed E-state index contributed by atoms with van der Waals surface area (Å²) < 4.78 is 31.6. The van der Waals surface area contributed by atoms with Gasteiger partial charge in [0.05, 0.1) is 12.5 Å². The van der Waals surface area contributed by atoms with Crippen LogP contribution in [-0.4, -0.2) is 19.6 Å². The van der Waals surface area contributed by atoms with Crippen LogP contribution in [0.3, 0.4) is 0 Å². The van der Waals surface area contributed by atoms with Gasteiger partial charge in [0.1, 0.15) is 5.76 Å². The molecule has 2 aromatic heterocycles. The second-order valence-electron chi connectivity index (χ2n) is 2.89. The molecule has 6 heteroatoms. The van der Waals surface area contributed by atoms with Crippen LogP contribution < -0.4 is 0 Å². The predicted molar refractivity (Wildman–Crippen MR) is 57.7 cm³/mol. The molecular weight excluding hydrogens is 228 g/mol. The van der Waals surface area contributed by atoms with E-state index in [0.717, 1.165) is 6.21 Å². The van der Waals surface area contributed by atoms with Gasteiger partial charge in [-0.2, -0.15) is 12.8 Å². The van der Waals surface area contributed by atoms with E-state index in [2.05, 4.69) is 9.38 Å². The van der Waals surface area contributed by atoms with E-state index in [0.29, 0.717) is 5.76 Å². The Bertz CT molecular complexity index is 574. The fourth-order valence-electron chi connectivity index (χ4n) is 1.04. The first-order valence-electron chi connectivity index (χ1n) is 4.43. The summed E-state index contributed by atoms with van der Waals surface area (Å²) in [5.74, 6) is 0.375. The number of pyridine rings is 1. The molecule has 0 aromatic carbocycles. The number of rotatable bonds is 3. The molecule has 0 spiro atoms. The molecule has 0 aliphatic heterocycles. The average Bonchev–Trinajstić information content (AvgIpc) is 2.81. The summed E-state index contributed by atoms with van der Waals surface area (Å²) >= 11 is 0. The van der Waals surface area contributed by atoms with Gasteiger partial charge >= 0.3 is 0 Å². The van der Waals surface area contributed by atoms with Crippen LogP contribution in [0.15, 0.2) is 56.6 Å². The standard InChI is InChI=1S/C10H8N2O3S/c13-16(14,10-5-1-2-6-11-10)12-8-9-4-3-7-15-9/h1-8H. The SMILES string of the molecule is O=S(=O)(N=Cc1ccco1)c1ccccn1. The van der Waals surface area contributed by atoms with E-state index in [1.165, 1.54) is 18.5 Å². The first kappa shape index (κ1) is 10.6. The molecule has 2 rings (SSSR count). The second kappa shape index (κ2) is 4.28. The van der Waals surface area contributed by atoms with Crippen molar-refractivity contribution in [3.63, 3.8) is 0 Å². The van der Waals surface area contributed by atoms with Gasteiger partial charge in [-0.3, -0.25) is 0 Å². The molecule has 5 nitrogen and oxygen atoms in total. The Morgan fingerprint density at radius 3 is 2.75 bits per heavy atom. The number of aromatic nitrogens is 1. The van der Waals surface area contributed by atoms with Gasteiger partial charge in [0.25, 0.3) is 10.0 Å². The van der Waals surface area contributed by atoms with Crippen LogP contribution in [0.1, 0.15) is 5.76 Å². The summed E-state index contributed by atoms with van der Waals surface area (Å²) in [7, 11) is -3.74. The second-order valence-corrected chi connectivity index (χ2v) is 4.47. The minimum Gasteiger partial charge on any atom is -0.463 e. The summed E-state index contributed by atoms with van der Waals surface area (Å²) in [4.78, 5) is 3.72. The maximum absolute atomic E-state index is 11.6. The van der Waals surface area contributed by atoms with Crippen LogP contribution >= 0.6 is 0 Å². The normalized spacial score (nSPS) is 12.0. The Labute approximate surface area is 92.5 Å². The van der Waals surface area contributed by atoms with Gasteiger partial charge in [-0.15, -0.1) is 0 Å². The van der Waals surface area contributed by atoms with Gasteiger partial charge in [0.15, 0.2) is 5.03 Å². The highest BCUT2D eigenvalue weighted by Crippen LogP contribution is 2.08. The zero-order valence-electron chi connectivity index (χ0n) is 8.15. The van der Waals surface area contributed by atoms with Gasteiger partial charge in [0.2, 0.25) is 0 Å². The van der Waals surface area contributed by atoms with Crippen LogP contribution in [0.5, 0.6) is 0 Å². The van der Waals surface area contributed by atoms with E-state index in [1.807, 2.05) is 0 Å². The molecule has 0 atom stereocenters. The zero-order chi connectivity index (χ0) is 11.4. The molecule has 2 heterocycles. The molecule has 82 valence electrons. The van der Waals surface area contributed by atoms with Crippen molar-refractivity contribution in [2.75, 3.05) is 0 Å². The van der Waals surface area contributed by atoms with Crippen molar-refractivity contribution >= 4 is 16.2 Å². The van der Waals surface area contributed by atoms with E-state index >= 15 is 0 Å². The van der Waals surface area contributed by atoms with Crippen molar-refractivity contribution in [1.82, 2.24) is 4.98 Å². The van der Waals surface area contributed by atoms with Crippen molar-refractivity contribution in [2.45, 2.75) is 5.03 Å². The van der Waals surface area contributed by atoms with E-state index in [4.69, 9.17) is 4.42 Å². The molecule has 0 aliphatic carbocycles. The Kier molecular flexibility index (Phi) is 2.82. The number of furan rings is 1. The topological polar surface area (TPSA) is 72.5 Å². The van der Waals surface area contributed by atoms with Crippen molar-refractivity contribution in [3.05, 3.63) is 48.6 Å². The number of hydrogen-bond acceptors (Lipinski definition) is 4. The molecule has 0 saturated heterocycles. The van der Waals surface area contributed by atoms with Gasteiger partial charge in [-0.25, -0.2) is 4.98 Å². The van der Waals surface area contributed by atoms with Crippen LogP contribution in [-0.2, 0) is 10.0 Å². The highest BCUT2D eigenvalue weighted by atomic mass is 32.2. The molecule has 0 amide bonds. The van der Waals surface area contributed by atoms with Crippen molar-refractivity contribution in [3.8, 4) is 0 Å². The lowest BCUT2D eigenvalue weighted by Gasteiger charge is -1.94. The van der Waals surface area contributed by atoms with Gasteiger partial charge in [0, 0.05) is 6.20 Å². The quantitative estimate of drug-likeness (QED) is 0.757. The highest BCUT2D eigenvalue weighted by molar-refractivity contribution is 7.90. The smallest absolute Gasteiger partial charge is 0.299 e. The zero-order valence-corrected chi connectivity index (χ0v) is 8.96. The third-order valence-corrected chi connectivity index (χ3v) is 2.92. The summed E-state index contributed by atoms with van der Waals surface area (Å²) in [5, 5.41) is -0.0854. The first-order valence-corrected chi connectivity index (χ1v) is 5.87. The van der Waals surface area contributed by atoms with Gasteiger partial charge < -0.3 is 4.42 Å². The lowest BCUT2D eigenvalue weighted by molar-refractivity contribution is 0.560. The minimum atomic E-state index is -3.74. The predicted octanol–water partition coefficient (Wildman–Crippen LogP) is 1.48. The Hall–Kier alpha value is -1.95. The maximum Gasteiger partial charge on any atom is 0.299 e. The lowest BCUT2D eigenvalue weighted by atomic mass is 10.5. The van der Waals surface area contributed by atoms with E-state index in [1.54, 1.807) is 24.3 Å². The molecule has 0 radical (unpaired) electrons.